The summed E-state index contributed by atoms with van der Waals surface area (Å²) in [6, 6.07) is -0.940. The van der Waals surface area contributed by atoms with Gasteiger partial charge in [0.25, 0.3) is 0 Å². The van der Waals surface area contributed by atoms with E-state index in [-0.39, 0.29) is 18.9 Å². The summed E-state index contributed by atoms with van der Waals surface area (Å²) >= 11 is 0. The SMILES string of the molecule is CCCCCCC/C=C\C/C=C\C/C=C\CCCCCCCCC(=O)NC(COC1OC(CO)C(OC2OC(CO)C(O)C(O)C2O)C(O)C1O)C(O)/C=C/CC/C=C/CCCCCCCCCCCC. The molecule has 2 rings (SSSR count). The highest BCUT2D eigenvalue weighted by atomic mass is 16.7. The molecule has 71 heavy (non-hydrogen) atoms. The monoisotopic (exact) mass is 1010 g/mol. The van der Waals surface area contributed by atoms with Crippen molar-refractivity contribution in [2.45, 2.75) is 274 Å². The lowest BCUT2D eigenvalue weighted by Crippen LogP contribution is -2.65. The van der Waals surface area contributed by atoms with Gasteiger partial charge in [0.2, 0.25) is 5.91 Å². The molecule has 2 heterocycles. The smallest absolute Gasteiger partial charge is 0.220 e. The van der Waals surface area contributed by atoms with Crippen LogP contribution in [0.5, 0.6) is 0 Å². The van der Waals surface area contributed by atoms with Gasteiger partial charge in [-0.2, -0.15) is 0 Å². The summed E-state index contributed by atoms with van der Waals surface area (Å²) in [4.78, 5) is 13.2. The van der Waals surface area contributed by atoms with Crippen LogP contribution in [0.3, 0.4) is 0 Å². The van der Waals surface area contributed by atoms with Crippen molar-refractivity contribution in [3.8, 4) is 0 Å². The quantitative estimate of drug-likeness (QED) is 0.0206. The van der Waals surface area contributed by atoms with Crippen molar-refractivity contribution in [3.63, 3.8) is 0 Å². The molecule has 14 nitrogen and oxygen atoms in total. The number of nitrogens with one attached hydrogen (secondary N) is 1. The molecule has 0 aromatic rings. The average Bonchev–Trinajstić information content (AvgIpc) is 3.37. The molecule has 1 amide bonds. The number of carbonyl (C=O) groups excluding carboxylic acids is 1. The van der Waals surface area contributed by atoms with Crippen LogP contribution in [-0.4, -0.2) is 140 Å². The molecule has 412 valence electrons. The maximum atomic E-state index is 13.2. The second kappa shape index (κ2) is 43.0. The van der Waals surface area contributed by atoms with Crippen LogP contribution < -0.4 is 5.32 Å². The second-order valence-electron chi connectivity index (χ2n) is 19.7. The topological polar surface area (TPSA) is 228 Å². The molecule has 0 bridgehead atoms. The molecule has 12 unspecified atom stereocenters. The van der Waals surface area contributed by atoms with Crippen molar-refractivity contribution in [1.82, 2.24) is 5.32 Å². The molecule has 0 aromatic heterocycles. The fraction of sp³-hybridized carbons (Fsp3) is 0.807. The van der Waals surface area contributed by atoms with E-state index < -0.39 is 86.8 Å². The van der Waals surface area contributed by atoms with Gasteiger partial charge in [0.1, 0.15) is 48.8 Å². The third-order valence-corrected chi connectivity index (χ3v) is 13.4. The van der Waals surface area contributed by atoms with Gasteiger partial charge in [0.05, 0.1) is 32.0 Å². The van der Waals surface area contributed by atoms with Gasteiger partial charge in [-0.25, -0.2) is 0 Å². The van der Waals surface area contributed by atoms with E-state index in [9.17, 15) is 45.6 Å². The lowest BCUT2D eigenvalue weighted by atomic mass is 9.97. The first-order valence-corrected chi connectivity index (χ1v) is 28.0. The Labute approximate surface area is 428 Å². The van der Waals surface area contributed by atoms with Crippen LogP contribution in [0.15, 0.2) is 60.8 Å². The van der Waals surface area contributed by atoms with E-state index in [4.69, 9.17) is 18.9 Å². The molecule has 2 fully saturated rings. The fourth-order valence-corrected chi connectivity index (χ4v) is 8.84. The molecule has 9 N–H and O–H groups in total. The van der Waals surface area contributed by atoms with E-state index in [0.29, 0.717) is 12.8 Å². The van der Waals surface area contributed by atoms with Gasteiger partial charge in [0.15, 0.2) is 12.6 Å². The normalized spacial score (nSPS) is 26.2. The van der Waals surface area contributed by atoms with Crippen LogP contribution in [0, 0.1) is 0 Å². The Morgan fingerprint density at radius 3 is 1.48 bits per heavy atom. The zero-order chi connectivity index (χ0) is 51.7. The summed E-state index contributed by atoms with van der Waals surface area (Å²) in [6.07, 6.45) is 36.8. The van der Waals surface area contributed by atoms with Gasteiger partial charge in [0, 0.05) is 6.42 Å². The Morgan fingerprint density at radius 2 is 0.944 bits per heavy atom. The van der Waals surface area contributed by atoms with Gasteiger partial charge in [-0.1, -0.05) is 184 Å². The number of allylic oxidation sites excluding steroid dienone is 9. The molecule has 14 heteroatoms. The van der Waals surface area contributed by atoms with Crippen molar-refractivity contribution >= 4 is 5.91 Å². The molecular formula is C57H101NO13. The minimum Gasteiger partial charge on any atom is -0.394 e. The Morgan fingerprint density at radius 1 is 0.507 bits per heavy atom. The largest absolute Gasteiger partial charge is 0.394 e. The molecule has 0 aliphatic carbocycles. The lowest BCUT2D eigenvalue weighted by Gasteiger charge is -2.46. The summed E-state index contributed by atoms with van der Waals surface area (Å²) in [7, 11) is 0. The van der Waals surface area contributed by atoms with E-state index in [0.717, 1.165) is 64.2 Å². The Balaban J connectivity index is 1.82. The number of rotatable bonds is 43. The van der Waals surface area contributed by atoms with Crippen LogP contribution in [0.25, 0.3) is 0 Å². The van der Waals surface area contributed by atoms with Crippen LogP contribution in [-0.2, 0) is 23.7 Å². The molecular weight excluding hydrogens is 907 g/mol. The zero-order valence-electron chi connectivity index (χ0n) is 43.9. The van der Waals surface area contributed by atoms with Gasteiger partial charge >= 0.3 is 0 Å². The number of carbonyl (C=O) groups is 1. The summed E-state index contributed by atoms with van der Waals surface area (Å²) in [5.41, 5.74) is 0. The Bertz CT molecular complexity index is 1420. The molecule has 2 saturated heterocycles. The van der Waals surface area contributed by atoms with Crippen LogP contribution >= 0.6 is 0 Å². The molecule has 12 atom stereocenters. The third-order valence-electron chi connectivity index (χ3n) is 13.4. The molecule has 0 spiro atoms. The van der Waals surface area contributed by atoms with Crippen LogP contribution in [0.1, 0.15) is 200 Å². The molecule has 0 radical (unpaired) electrons. The van der Waals surface area contributed by atoms with Crippen LogP contribution in [0.4, 0.5) is 0 Å². The summed E-state index contributed by atoms with van der Waals surface area (Å²) < 4.78 is 22.7. The van der Waals surface area contributed by atoms with Gasteiger partial charge < -0.3 is 65.1 Å². The Hall–Kier alpha value is -2.31. The highest BCUT2D eigenvalue weighted by Gasteiger charge is 2.51. The van der Waals surface area contributed by atoms with Gasteiger partial charge in [-0.3, -0.25) is 4.79 Å². The van der Waals surface area contributed by atoms with Gasteiger partial charge in [-0.05, 0) is 70.6 Å². The lowest BCUT2D eigenvalue weighted by molar-refractivity contribution is -0.359. The highest BCUT2D eigenvalue weighted by molar-refractivity contribution is 5.76. The Kier molecular flexibility index (Phi) is 39.2. The predicted octanol–water partition coefficient (Wildman–Crippen LogP) is 8.61. The average molecular weight is 1010 g/mol. The summed E-state index contributed by atoms with van der Waals surface area (Å²) in [5, 5.41) is 86.9. The van der Waals surface area contributed by atoms with Crippen LogP contribution in [0.2, 0.25) is 0 Å². The number of aliphatic hydroxyl groups is 8. The first kappa shape index (κ1) is 64.8. The zero-order valence-corrected chi connectivity index (χ0v) is 43.9. The van der Waals surface area contributed by atoms with Crippen molar-refractivity contribution in [1.29, 1.82) is 0 Å². The number of aliphatic hydroxyl groups excluding tert-OH is 8. The number of ether oxygens (including phenoxy) is 4. The first-order valence-electron chi connectivity index (χ1n) is 28.0. The number of hydrogen-bond acceptors (Lipinski definition) is 13. The van der Waals surface area contributed by atoms with Crippen molar-refractivity contribution < 1.29 is 64.6 Å². The maximum absolute atomic E-state index is 13.2. The first-order chi connectivity index (χ1) is 34.6. The van der Waals surface area contributed by atoms with E-state index in [2.05, 4.69) is 67.8 Å². The molecule has 0 saturated carbocycles. The summed E-state index contributed by atoms with van der Waals surface area (Å²) in [5.74, 6) is -0.264. The molecule has 0 aromatic carbocycles. The predicted molar refractivity (Wildman–Crippen MR) is 281 cm³/mol. The van der Waals surface area contributed by atoms with E-state index in [1.54, 1.807) is 6.08 Å². The minimum absolute atomic E-state index is 0.257. The fourth-order valence-electron chi connectivity index (χ4n) is 8.84. The third kappa shape index (κ3) is 29.4. The van der Waals surface area contributed by atoms with Crippen molar-refractivity contribution in [3.05, 3.63) is 60.8 Å². The second-order valence-corrected chi connectivity index (χ2v) is 19.7. The number of unbranched alkanes of at least 4 members (excludes halogenated alkanes) is 22. The summed E-state index contributed by atoms with van der Waals surface area (Å²) in [6.45, 7) is 2.74. The minimum atomic E-state index is -1.79. The maximum Gasteiger partial charge on any atom is 0.220 e. The van der Waals surface area contributed by atoms with Crippen molar-refractivity contribution in [2.24, 2.45) is 0 Å². The van der Waals surface area contributed by atoms with E-state index in [1.165, 1.54) is 103 Å². The number of hydrogen-bond donors (Lipinski definition) is 9. The molecule has 2 aliphatic heterocycles. The van der Waals surface area contributed by atoms with Gasteiger partial charge in [-0.15, -0.1) is 0 Å². The molecule has 2 aliphatic rings. The highest BCUT2D eigenvalue weighted by Crippen LogP contribution is 2.30. The number of amides is 1. The van der Waals surface area contributed by atoms with E-state index in [1.807, 2.05) is 6.08 Å². The van der Waals surface area contributed by atoms with Crippen molar-refractivity contribution in [2.75, 3.05) is 19.8 Å². The standard InChI is InChI=1S/C57H101NO13/c1-3-5-7-9-11-13-15-17-19-21-22-23-24-25-27-29-31-33-35-37-39-41-49(62)58-45(46(61)40-38-36-34-32-30-28-26-20-18-16-14-12-10-8-6-4-2)44-68-56-54(67)52(65)55(48(43-60)70-56)71-57-53(66)51(64)50(63)47(42-59)69-57/h15,17,21-22,24-25,30,32,38,40,45-48,50-57,59-61,63-67H,3-14,16,18-20,23,26-29,31,33-37,39,41-44H2,1-2H3,(H,58,62)/b17-15-,22-21-,25-24-,32-30+,40-38+. The van der Waals surface area contributed by atoms with E-state index >= 15 is 0 Å².